The third-order valence-corrected chi connectivity index (χ3v) is 9.41. The summed E-state index contributed by atoms with van der Waals surface area (Å²) in [7, 11) is 0. The zero-order valence-corrected chi connectivity index (χ0v) is 33.1. The number of amides is 5. The first-order valence-corrected chi connectivity index (χ1v) is 19.5. The smallest absolute Gasteiger partial charge is 0.326 e. The summed E-state index contributed by atoms with van der Waals surface area (Å²) in [5.74, 6) is -4.37. The van der Waals surface area contributed by atoms with E-state index in [4.69, 9.17) is 22.6 Å². The third-order valence-electron chi connectivity index (χ3n) is 9.41. The van der Waals surface area contributed by atoms with E-state index in [0.29, 0.717) is 50.6 Å². The maximum Gasteiger partial charge on any atom is 0.326 e. The van der Waals surface area contributed by atoms with Crippen LogP contribution in [0.4, 0.5) is 0 Å². The Kier molecular flexibility index (Phi) is 20.1. The molecule has 0 aromatic heterocycles. The van der Waals surface area contributed by atoms with Gasteiger partial charge in [0.25, 0.3) is 0 Å². The minimum Gasteiger partial charge on any atom is -0.508 e. The van der Waals surface area contributed by atoms with Crippen molar-refractivity contribution < 1.29 is 39.0 Å². The second-order valence-corrected chi connectivity index (χ2v) is 15.3. The van der Waals surface area contributed by atoms with Gasteiger partial charge in [-0.3, -0.25) is 29.4 Å². The standard InChI is InChI=1S/C38H64N10O8/c1-22(2)19-26(40)32(50)46-30(21-24-12-14-25(49)15-13-24)34(52)47-29(20-23(3)4)33(51)44-27(9-5-6-16-39)36(54)48-18-8-11-31(48)35(53)45-28(37(55)56)10-7-17-43-38(41)42/h12-15,22-23,26-31,49H,5-11,16-21,39-40H2,1-4H3,(H,44,51)(H,45,53)(H,46,50)(H,47,52)(H,55,56)(H4,41,42,43)/t26-,27-,28-,29-,30-,31-/m0/s1. The number of carboxylic acid groups (broad SMARTS) is 1. The molecular formula is C38H64N10O8. The van der Waals surface area contributed by atoms with Crippen LogP contribution in [0.25, 0.3) is 0 Å². The van der Waals surface area contributed by atoms with Gasteiger partial charge in [-0.1, -0.05) is 39.8 Å². The van der Waals surface area contributed by atoms with Crippen molar-refractivity contribution >= 4 is 41.5 Å². The molecule has 0 saturated carbocycles. The highest BCUT2D eigenvalue weighted by Crippen LogP contribution is 2.21. The number of phenolic OH excluding ortho intramolecular Hbond substituents is 1. The summed E-state index contributed by atoms with van der Waals surface area (Å²) in [6.45, 7) is 8.39. The molecule has 18 nitrogen and oxygen atoms in total. The first-order chi connectivity index (χ1) is 26.4. The van der Waals surface area contributed by atoms with Crippen molar-refractivity contribution in [3.63, 3.8) is 0 Å². The van der Waals surface area contributed by atoms with E-state index >= 15 is 0 Å². The van der Waals surface area contributed by atoms with Gasteiger partial charge in [0.05, 0.1) is 6.04 Å². The van der Waals surface area contributed by atoms with E-state index in [1.165, 1.54) is 17.0 Å². The highest BCUT2D eigenvalue weighted by atomic mass is 16.4. The Hall–Kier alpha value is -4.97. The largest absolute Gasteiger partial charge is 0.508 e. The van der Waals surface area contributed by atoms with Crippen LogP contribution in [0.15, 0.2) is 24.3 Å². The van der Waals surface area contributed by atoms with Gasteiger partial charge in [0, 0.05) is 19.5 Å². The van der Waals surface area contributed by atoms with Crippen LogP contribution in [-0.4, -0.2) is 112 Å². The number of unbranched alkanes of at least 4 members (excludes halogenated alkanes) is 1. The summed E-state index contributed by atoms with van der Waals surface area (Å²) in [5, 5.41) is 40.2. The molecule has 1 aromatic rings. The second kappa shape index (κ2) is 23.8. The zero-order chi connectivity index (χ0) is 41.9. The van der Waals surface area contributed by atoms with Crippen LogP contribution in [-0.2, 0) is 35.2 Å². The first-order valence-electron chi connectivity index (χ1n) is 19.5. The van der Waals surface area contributed by atoms with Gasteiger partial charge < -0.3 is 58.9 Å². The number of rotatable bonds is 24. The molecule has 1 aliphatic heterocycles. The zero-order valence-electron chi connectivity index (χ0n) is 33.1. The Labute approximate surface area is 329 Å². The van der Waals surface area contributed by atoms with Crippen molar-refractivity contribution in [1.82, 2.24) is 31.5 Å². The number of carbonyl (C=O) groups is 6. The third kappa shape index (κ3) is 16.4. The monoisotopic (exact) mass is 788 g/mol. The molecule has 0 aliphatic carbocycles. The average molecular weight is 789 g/mol. The number of aliphatic carboxylic acids is 1. The molecule has 0 unspecified atom stereocenters. The van der Waals surface area contributed by atoms with Crippen molar-refractivity contribution in [2.24, 2.45) is 29.0 Å². The molecule has 14 N–H and O–H groups in total. The number of phenols is 1. The number of nitrogens with two attached hydrogens (primary N) is 3. The molecule has 314 valence electrons. The fourth-order valence-corrected chi connectivity index (χ4v) is 6.53. The van der Waals surface area contributed by atoms with Gasteiger partial charge in [-0.2, -0.15) is 0 Å². The number of aromatic hydroxyl groups is 1. The fraction of sp³-hybridized carbons (Fsp3) is 0.658. The van der Waals surface area contributed by atoms with Crippen LogP contribution in [0, 0.1) is 17.2 Å². The number of guanidine groups is 1. The van der Waals surface area contributed by atoms with E-state index in [1.54, 1.807) is 12.1 Å². The summed E-state index contributed by atoms with van der Waals surface area (Å²) >= 11 is 0. The molecule has 2 rings (SSSR count). The minimum atomic E-state index is -1.24. The lowest BCUT2D eigenvalue weighted by atomic mass is 9.99. The molecule has 1 heterocycles. The van der Waals surface area contributed by atoms with Crippen LogP contribution < -0.4 is 43.8 Å². The van der Waals surface area contributed by atoms with Crippen LogP contribution in [0.3, 0.4) is 0 Å². The quantitative estimate of drug-likeness (QED) is 0.0368. The lowest BCUT2D eigenvalue weighted by Crippen LogP contribution is -2.59. The molecule has 5 amide bonds. The molecular weight excluding hydrogens is 724 g/mol. The van der Waals surface area contributed by atoms with E-state index in [0.717, 1.165) is 0 Å². The van der Waals surface area contributed by atoms with Crippen LogP contribution in [0.1, 0.15) is 91.0 Å². The number of nitrogens with one attached hydrogen (secondary N) is 6. The molecule has 1 fully saturated rings. The average Bonchev–Trinajstić information content (AvgIpc) is 3.62. The molecule has 0 bridgehead atoms. The Morgan fingerprint density at radius 1 is 0.821 bits per heavy atom. The molecule has 1 aromatic carbocycles. The molecule has 0 radical (unpaired) electrons. The lowest BCUT2D eigenvalue weighted by molar-refractivity contribution is -0.145. The number of carboxylic acids is 1. The van der Waals surface area contributed by atoms with Gasteiger partial charge in [-0.05, 0) is 93.9 Å². The van der Waals surface area contributed by atoms with Crippen molar-refractivity contribution in [2.75, 3.05) is 19.6 Å². The lowest BCUT2D eigenvalue weighted by Gasteiger charge is -2.31. The Bertz CT molecular complexity index is 1470. The minimum absolute atomic E-state index is 0.0301. The summed E-state index contributed by atoms with van der Waals surface area (Å²) in [6, 6.07) is -0.229. The normalized spacial score (nSPS) is 16.6. The van der Waals surface area contributed by atoms with Crippen LogP contribution >= 0.6 is 0 Å². The van der Waals surface area contributed by atoms with E-state index in [2.05, 4.69) is 26.6 Å². The Balaban J connectivity index is 2.29. The Morgan fingerprint density at radius 2 is 1.41 bits per heavy atom. The number of carbonyl (C=O) groups excluding carboxylic acids is 5. The maximum atomic E-state index is 14.1. The van der Waals surface area contributed by atoms with Crippen molar-refractivity contribution in [3.05, 3.63) is 29.8 Å². The van der Waals surface area contributed by atoms with Gasteiger partial charge in [-0.15, -0.1) is 0 Å². The molecule has 1 saturated heterocycles. The predicted octanol–water partition coefficient (Wildman–Crippen LogP) is -0.239. The van der Waals surface area contributed by atoms with Crippen LogP contribution in [0.2, 0.25) is 0 Å². The summed E-state index contributed by atoms with van der Waals surface area (Å²) in [4.78, 5) is 81.9. The van der Waals surface area contributed by atoms with Crippen molar-refractivity contribution in [3.8, 4) is 5.75 Å². The van der Waals surface area contributed by atoms with E-state index in [9.17, 15) is 39.0 Å². The molecule has 56 heavy (non-hydrogen) atoms. The van der Waals surface area contributed by atoms with Gasteiger partial charge in [-0.25, -0.2) is 4.79 Å². The Morgan fingerprint density at radius 3 is 2.00 bits per heavy atom. The van der Waals surface area contributed by atoms with Crippen molar-refractivity contribution in [2.45, 2.75) is 128 Å². The number of likely N-dealkylation sites (tertiary alicyclic amines) is 1. The highest BCUT2D eigenvalue weighted by Gasteiger charge is 2.39. The van der Waals surface area contributed by atoms with E-state index in [1.807, 2.05) is 27.7 Å². The fourth-order valence-electron chi connectivity index (χ4n) is 6.53. The van der Waals surface area contributed by atoms with E-state index in [-0.39, 0.29) is 62.3 Å². The van der Waals surface area contributed by atoms with Gasteiger partial charge in [0.1, 0.15) is 36.0 Å². The van der Waals surface area contributed by atoms with Gasteiger partial charge >= 0.3 is 5.97 Å². The second-order valence-electron chi connectivity index (χ2n) is 15.3. The first kappa shape index (κ1) is 47.2. The number of hydrogen-bond acceptors (Lipinski definition) is 10. The maximum absolute atomic E-state index is 14.1. The molecule has 0 spiro atoms. The summed E-state index contributed by atoms with van der Waals surface area (Å²) < 4.78 is 0. The summed E-state index contributed by atoms with van der Waals surface area (Å²) in [6.07, 6.45) is 3.00. The number of benzene rings is 1. The molecule has 6 atom stereocenters. The molecule has 18 heteroatoms. The topological polar surface area (TPSA) is 308 Å². The van der Waals surface area contributed by atoms with Crippen LogP contribution in [0.5, 0.6) is 5.75 Å². The predicted molar refractivity (Wildman–Crippen MR) is 211 cm³/mol. The number of nitrogens with zero attached hydrogens (tertiary/aromatic N) is 1. The van der Waals surface area contributed by atoms with Gasteiger partial charge in [0.2, 0.25) is 29.5 Å². The van der Waals surface area contributed by atoms with Gasteiger partial charge in [0.15, 0.2) is 5.96 Å². The summed E-state index contributed by atoms with van der Waals surface area (Å²) in [5.41, 5.74) is 17.8. The highest BCUT2D eigenvalue weighted by molar-refractivity contribution is 5.96. The van der Waals surface area contributed by atoms with E-state index < -0.39 is 71.8 Å². The number of hydrogen-bond donors (Lipinski definition) is 11. The molecule has 1 aliphatic rings. The van der Waals surface area contributed by atoms with Crippen molar-refractivity contribution in [1.29, 1.82) is 5.41 Å². The SMILES string of the molecule is CC(C)C[C@H](NC(=O)[C@H](Cc1ccc(O)cc1)NC(=O)[C@@H](N)CC(C)C)C(=O)N[C@@H](CCCCN)C(=O)N1CCC[C@H]1C(=O)N[C@@H](CCCNC(=N)N)C(=O)O.